The molecule has 0 fully saturated rings. The summed E-state index contributed by atoms with van der Waals surface area (Å²) in [4.78, 5) is 10.4. The van der Waals surface area contributed by atoms with E-state index in [1.165, 1.54) is 12.3 Å². The molecule has 0 unspecified atom stereocenters. The third-order valence-corrected chi connectivity index (χ3v) is 2.27. The first kappa shape index (κ1) is 10.2. The van der Waals surface area contributed by atoms with E-state index < -0.39 is 4.92 Å². The molecule has 1 heterocycles. The Bertz CT molecular complexity index is 548. The van der Waals surface area contributed by atoms with Gasteiger partial charge in [-0.05, 0) is 12.5 Å². The number of nitro benzene ring substituents is 1. The van der Waals surface area contributed by atoms with E-state index in [2.05, 4.69) is 5.16 Å². The molecule has 0 aliphatic rings. The number of nitrogens with zero attached hydrogens (tertiary/aromatic N) is 2. The van der Waals surface area contributed by atoms with Gasteiger partial charge in [-0.2, -0.15) is 0 Å². The van der Waals surface area contributed by atoms with E-state index in [0.29, 0.717) is 5.56 Å². The maximum absolute atomic E-state index is 10.9. The molecule has 1 aromatic heterocycles. The van der Waals surface area contributed by atoms with Crippen LogP contribution in [0.3, 0.4) is 0 Å². The summed E-state index contributed by atoms with van der Waals surface area (Å²) in [5.41, 5.74) is 6.98. The quantitative estimate of drug-likeness (QED) is 0.616. The van der Waals surface area contributed by atoms with Crippen molar-refractivity contribution in [1.82, 2.24) is 5.16 Å². The first-order chi connectivity index (χ1) is 7.61. The average molecular weight is 219 g/mol. The van der Waals surface area contributed by atoms with E-state index in [0.717, 1.165) is 5.56 Å². The molecule has 2 aromatic rings. The second-order valence-corrected chi connectivity index (χ2v) is 3.34. The Labute approximate surface area is 90.8 Å². The van der Waals surface area contributed by atoms with Crippen molar-refractivity contribution in [2.75, 3.05) is 5.73 Å². The normalized spacial score (nSPS) is 10.3. The first-order valence-electron chi connectivity index (χ1n) is 4.56. The summed E-state index contributed by atoms with van der Waals surface area (Å²) < 4.78 is 4.94. The van der Waals surface area contributed by atoms with E-state index >= 15 is 0 Å². The van der Waals surface area contributed by atoms with Crippen molar-refractivity contribution in [3.8, 4) is 11.3 Å². The number of benzene rings is 1. The van der Waals surface area contributed by atoms with E-state index in [1.54, 1.807) is 19.1 Å². The number of nitrogen functional groups attached to an aromatic ring is 1. The Morgan fingerprint density at radius 2 is 2.25 bits per heavy atom. The van der Waals surface area contributed by atoms with Crippen LogP contribution in [-0.2, 0) is 0 Å². The van der Waals surface area contributed by atoms with Gasteiger partial charge < -0.3 is 10.3 Å². The van der Waals surface area contributed by atoms with Gasteiger partial charge in [-0.25, -0.2) is 0 Å². The van der Waals surface area contributed by atoms with Gasteiger partial charge in [0, 0.05) is 6.07 Å². The van der Waals surface area contributed by atoms with Crippen molar-refractivity contribution >= 4 is 11.4 Å². The van der Waals surface area contributed by atoms with Crippen LogP contribution in [0.4, 0.5) is 11.4 Å². The fraction of sp³-hybridized carbons (Fsp3) is 0.100. The molecule has 0 bridgehead atoms. The number of nitrogens with two attached hydrogens (primary N) is 1. The van der Waals surface area contributed by atoms with Gasteiger partial charge in [-0.1, -0.05) is 17.3 Å². The second kappa shape index (κ2) is 3.65. The smallest absolute Gasteiger partial charge is 0.280 e. The minimum absolute atomic E-state index is 0.0385. The molecule has 1 aromatic carbocycles. The van der Waals surface area contributed by atoms with Crippen LogP contribution < -0.4 is 5.73 Å². The van der Waals surface area contributed by atoms with Gasteiger partial charge in [0.1, 0.15) is 11.3 Å². The molecule has 6 heteroatoms. The summed E-state index contributed by atoms with van der Waals surface area (Å²) in [6, 6.07) is 4.78. The number of hydrogen-bond donors (Lipinski definition) is 1. The van der Waals surface area contributed by atoms with Crippen LogP contribution in [-0.4, -0.2) is 10.1 Å². The second-order valence-electron chi connectivity index (χ2n) is 3.34. The minimum atomic E-state index is -0.468. The molecule has 0 saturated carbocycles. The monoisotopic (exact) mass is 219 g/mol. The van der Waals surface area contributed by atoms with Crippen LogP contribution in [0, 0.1) is 17.0 Å². The lowest BCUT2D eigenvalue weighted by Gasteiger charge is -2.03. The number of anilines is 1. The SMILES string of the molecule is Cc1cccc([N+](=O)[O-])c1-c1oncc1N. The molecule has 82 valence electrons. The summed E-state index contributed by atoms with van der Waals surface area (Å²) in [7, 11) is 0. The van der Waals surface area contributed by atoms with E-state index in [4.69, 9.17) is 10.3 Å². The lowest BCUT2D eigenvalue weighted by Crippen LogP contribution is -1.95. The number of nitro groups is 1. The van der Waals surface area contributed by atoms with Gasteiger partial charge in [0.2, 0.25) is 0 Å². The van der Waals surface area contributed by atoms with Crippen molar-refractivity contribution in [2.24, 2.45) is 0 Å². The zero-order valence-corrected chi connectivity index (χ0v) is 8.51. The zero-order valence-electron chi connectivity index (χ0n) is 8.51. The lowest BCUT2D eigenvalue weighted by atomic mass is 10.0. The fourth-order valence-electron chi connectivity index (χ4n) is 1.54. The standard InChI is InChI=1S/C10H9N3O3/c1-6-3-2-4-8(13(14)15)9(6)10-7(11)5-12-16-10/h2-5H,11H2,1H3. The highest BCUT2D eigenvalue weighted by molar-refractivity contribution is 5.79. The molecule has 2 rings (SSSR count). The maximum Gasteiger partial charge on any atom is 0.280 e. The zero-order chi connectivity index (χ0) is 11.7. The molecule has 0 aliphatic heterocycles. The van der Waals surface area contributed by atoms with Gasteiger partial charge in [-0.3, -0.25) is 10.1 Å². The van der Waals surface area contributed by atoms with Crippen molar-refractivity contribution in [2.45, 2.75) is 6.92 Å². The van der Waals surface area contributed by atoms with Crippen molar-refractivity contribution < 1.29 is 9.45 Å². The third-order valence-electron chi connectivity index (χ3n) is 2.27. The minimum Gasteiger partial charge on any atom is -0.394 e. The molecule has 0 aliphatic carbocycles. The average Bonchev–Trinajstić information content (AvgIpc) is 2.64. The summed E-state index contributed by atoms with van der Waals surface area (Å²) in [5, 5.41) is 14.4. The maximum atomic E-state index is 10.9. The Kier molecular flexibility index (Phi) is 2.32. The van der Waals surface area contributed by atoms with E-state index in [-0.39, 0.29) is 17.1 Å². The molecule has 0 atom stereocenters. The van der Waals surface area contributed by atoms with Crippen LogP contribution in [0.25, 0.3) is 11.3 Å². The number of rotatable bonds is 2. The van der Waals surface area contributed by atoms with Crippen molar-refractivity contribution in [1.29, 1.82) is 0 Å². The molecular formula is C10H9N3O3. The van der Waals surface area contributed by atoms with Gasteiger partial charge in [0.05, 0.1) is 11.1 Å². The highest BCUT2D eigenvalue weighted by Gasteiger charge is 2.22. The highest BCUT2D eigenvalue weighted by Crippen LogP contribution is 2.35. The van der Waals surface area contributed by atoms with Gasteiger partial charge in [-0.15, -0.1) is 0 Å². The molecule has 6 nitrogen and oxygen atoms in total. The van der Waals surface area contributed by atoms with Gasteiger partial charge >= 0.3 is 0 Å². The Morgan fingerprint density at radius 3 is 2.81 bits per heavy atom. The van der Waals surface area contributed by atoms with Gasteiger partial charge in [0.25, 0.3) is 5.69 Å². The molecule has 16 heavy (non-hydrogen) atoms. The molecular weight excluding hydrogens is 210 g/mol. The molecule has 0 radical (unpaired) electrons. The summed E-state index contributed by atoms with van der Waals surface area (Å²) >= 11 is 0. The fourth-order valence-corrected chi connectivity index (χ4v) is 1.54. The largest absolute Gasteiger partial charge is 0.394 e. The Morgan fingerprint density at radius 1 is 1.50 bits per heavy atom. The third kappa shape index (κ3) is 1.50. The molecule has 0 amide bonds. The Balaban J connectivity index is 2.73. The number of hydrogen-bond acceptors (Lipinski definition) is 5. The van der Waals surface area contributed by atoms with Crippen LogP contribution >= 0.6 is 0 Å². The Hall–Kier alpha value is -2.37. The summed E-state index contributed by atoms with van der Waals surface area (Å²) in [6.07, 6.45) is 1.32. The number of aromatic nitrogens is 1. The van der Waals surface area contributed by atoms with Gasteiger partial charge in [0.15, 0.2) is 5.76 Å². The lowest BCUT2D eigenvalue weighted by molar-refractivity contribution is -0.384. The van der Waals surface area contributed by atoms with E-state index in [9.17, 15) is 10.1 Å². The summed E-state index contributed by atoms with van der Waals surface area (Å²) in [6.45, 7) is 1.75. The predicted octanol–water partition coefficient (Wildman–Crippen LogP) is 2.14. The van der Waals surface area contributed by atoms with E-state index in [1.807, 2.05) is 0 Å². The van der Waals surface area contributed by atoms with Crippen LogP contribution in [0.1, 0.15) is 5.56 Å². The topological polar surface area (TPSA) is 95.2 Å². The number of aryl methyl sites for hydroxylation is 1. The van der Waals surface area contributed by atoms with Crippen LogP contribution in [0.5, 0.6) is 0 Å². The highest BCUT2D eigenvalue weighted by atomic mass is 16.6. The first-order valence-corrected chi connectivity index (χ1v) is 4.56. The molecule has 0 spiro atoms. The predicted molar refractivity (Wildman–Crippen MR) is 57.7 cm³/mol. The van der Waals surface area contributed by atoms with Crippen molar-refractivity contribution in [3.63, 3.8) is 0 Å². The molecule has 2 N–H and O–H groups in total. The van der Waals surface area contributed by atoms with Crippen LogP contribution in [0.15, 0.2) is 28.9 Å². The van der Waals surface area contributed by atoms with Crippen molar-refractivity contribution in [3.05, 3.63) is 40.1 Å². The summed E-state index contributed by atoms with van der Waals surface area (Å²) in [5.74, 6) is 0.241. The van der Waals surface area contributed by atoms with Crippen LogP contribution in [0.2, 0.25) is 0 Å². The molecule has 0 saturated heterocycles.